The number of ether oxygens (including phenoxy) is 3. The maximum Gasteiger partial charge on any atom is 0.306 e. The van der Waals surface area contributed by atoms with Gasteiger partial charge in [-0.3, -0.25) is 9.59 Å². The van der Waals surface area contributed by atoms with Crippen molar-refractivity contribution in [3.8, 4) is 11.5 Å². The molecule has 0 radical (unpaired) electrons. The van der Waals surface area contributed by atoms with Gasteiger partial charge in [-0.2, -0.15) is 0 Å². The number of hydrogen-bond acceptors (Lipinski definition) is 6. The number of benzene rings is 1. The third-order valence-electron chi connectivity index (χ3n) is 10.4. The van der Waals surface area contributed by atoms with Crippen LogP contribution in [0.1, 0.15) is 186 Å². The fourth-order valence-corrected chi connectivity index (χ4v) is 6.89. The molecule has 0 saturated heterocycles. The largest absolute Gasteiger partial charge is 0.493 e. The number of carboxylic acid groups (broad SMARTS) is 1. The maximum absolute atomic E-state index is 12.2. The summed E-state index contributed by atoms with van der Waals surface area (Å²) in [6.45, 7) is 6.66. The second kappa shape index (κ2) is 40.8. The van der Waals surface area contributed by atoms with E-state index in [1.165, 1.54) is 44.9 Å². The Morgan fingerprint density at radius 1 is 0.567 bits per heavy atom. The minimum Gasteiger partial charge on any atom is -0.493 e. The Morgan fingerprint density at radius 2 is 1.03 bits per heavy atom. The molecule has 7 heteroatoms. The van der Waals surface area contributed by atoms with E-state index in [1.54, 1.807) is 0 Å². The van der Waals surface area contributed by atoms with Gasteiger partial charge in [0.1, 0.15) is 11.5 Å². The van der Waals surface area contributed by atoms with Crippen molar-refractivity contribution in [1.29, 1.82) is 0 Å². The minimum absolute atomic E-state index is 0.0986. The van der Waals surface area contributed by atoms with Gasteiger partial charge in [0.2, 0.25) is 0 Å². The smallest absolute Gasteiger partial charge is 0.306 e. The van der Waals surface area contributed by atoms with Crippen molar-refractivity contribution < 1.29 is 28.9 Å². The molecule has 0 bridgehead atoms. The summed E-state index contributed by atoms with van der Waals surface area (Å²) in [5.74, 6) is 0.478. The zero-order valence-corrected chi connectivity index (χ0v) is 38.7. The molecule has 0 aliphatic carbocycles. The van der Waals surface area contributed by atoms with Crippen molar-refractivity contribution in [3.63, 3.8) is 0 Å². The first-order valence-corrected chi connectivity index (χ1v) is 24.0. The molecular weight excluding hydrogens is 747 g/mol. The molecule has 1 N–H and O–H groups in total. The molecule has 0 aliphatic rings. The van der Waals surface area contributed by atoms with Gasteiger partial charge >= 0.3 is 11.9 Å². The number of hydrogen-bond donors (Lipinski definition) is 1. The lowest BCUT2D eigenvalue weighted by molar-refractivity contribution is -0.144. The van der Waals surface area contributed by atoms with Gasteiger partial charge in [0.15, 0.2) is 0 Å². The lowest BCUT2D eigenvalue weighted by Crippen LogP contribution is -2.14. The van der Waals surface area contributed by atoms with Gasteiger partial charge in [0, 0.05) is 19.0 Å². The molecule has 7 nitrogen and oxygen atoms in total. The van der Waals surface area contributed by atoms with Crippen molar-refractivity contribution in [2.45, 2.75) is 187 Å². The zero-order valence-electron chi connectivity index (χ0n) is 38.7. The highest BCUT2D eigenvalue weighted by Crippen LogP contribution is 2.25. The number of carboxylic acids is 1. The number of carbonyl (C=O) groups is 2. The predicted molar refractivity (Wildman–Crippen MR) is 254 cm³/mol. The van der Waals surface area contributed by atoms with Crippen molar-refractivity contribution in [1.82, 2.24) is 4.90 Å². The van der Waals surface area contributed by atoms with Crippen LogP contribution in [0.5, 0.6) is 11.5 Å². The third kappa shape index (κ3) is 35.2. The minimum atomic E-state index is -0.680. The number of allylic oxidation sites excluding steroid dienone is 10. The summed E-state index contributed by atoms with van der Waals surface area (Å²) in [7, 11) is 4.08. The molecule has 60 heavy (non-hydrogen) atoms. The van der Waals surface area contributed by atoms with Gasteiger partial charge in [-0.15, -0.1) is 0 Å². The number of nitrogens with zero attached hydrogens (tertiary/aromatic N) is 1. The van der Waals surface area contributed by atoms with Crippen molar-refractivity contribution in [2.24, 2.45) is 5.92 Å². The zero-order chi connectivity index (χ0) is 43.6. The highest BCUT2D eigenvalue weighted by atomic mass is 16.5. The van der Waals surface area contributed by atoms with Crippen LogP contribution in [-0.4, -0.2) is 55.9 Å². The Hall–Kier alpha value is -3.58. The molecular formula is C53H87NO6. The second-order valence-corrected chi connectivity index (χ2v) is 16.5. The summed E-state index contributed by atoms with van der Waals surface area (Å²) >= 11 is 0. The molecule has 0 saturated carbocycles. The average Bonchev–Trinajstić information content (AvgIpc) is 3.22. The normalized spacial score (nSPS) is 12.6. The van der Waals surface area contributed by atoms with Crippen LogP contribution in [-0.2, 0) is 20.9 Å². The van der Waals surface area contributed by atoms with E-state index in [4.69, 9.17) is 14.2 Å². The van der Waals surface area contributed by atoms with E-state index in [1.807, 2.05) is 20.2 Å². The van der Waals surface area contributed by atoms with Crippen LogP contribution in [0.25, 0.3) is 0 Å². The molecule has 1 aromatic rings. The summed E-state index contributed by atoms with van der Waals surface area (Å²) in [5, 5.41) is 9.80. The molecule has 1 aromatic carbocycles. The molecule has 1 atom stereocenters. The Balaban J connectivity index is 2.21. The molecule has 1 unspecified atom stereocenters. The molecule has 340 valence electrons. The number of aliphatic carboxylic acids is 1. The quantitative estimate of drug-likeness (QED) is 0.0399. The fraction of sp³-hybridized carbons (Fsp3) is 0.660. The van der Waals surface area contributed by atoms with E-state index < -0.39 is 5.97 Å². The molecule has 0 heterocycles. The van der Waals surface area contributed by atoms with E-state index in [9.17, 15) is 14.7 Å². The highest BCUT2D eigenvalue weighted by Gasteiger charge is 2.16. The first kappa shape index (κ1) is 54.4. The Kier molecular flexibility index (Phi) is 37.0. The fourth-order valence-electron chi connectivity index (χ4n) is 6.89. The highest BCUT2D eigenvalue weighted by molar-refractivity contribution is 5.70. The van der Waals surface area contributed by atoms with Gasteiger partial charge in [0.25, 0.3) is 0 Å². The molecule has 0 spiro atoms. The molecule has 0 fully saturated rings. The Bertz CT molecular complexity index is 1330. The summed E-state index contributed by atoms with van der Waals surface area (Å²) < 4.78 is 17.7. The van der Waals surface area contributed by atoms with E-state index >= 15 is 0 Å². The summed E-state index contributed by atoms with van der Waals surface area (Å²) in [6.07, 6.45) is 49.0. The average molecular weight is 834 g/mol. The van der Waals surface area contributed by atoms with Crippen molar-refractivity contribution in [2.75, 3.05) is 33.9 Å². The van der Waals surface area contributed by atoms with Crippen LogP contribution in [0.15, 0.2) is 79.0 Å². The summed E-state index contributed by atoms with van der Waals surface area (Å²) in [6, 6.07) is 6.05. The SMILES string of the molecule is CC/C=C\C/C=C\C/C=C\CCCCCCC(CCCCOc1cc(CN(C)C)cc(OCCCCOC(=O)CCCCCCC/C=C\C/C=C\CCCCC)c1)C(=O)O. The van der Waals surface area contributed by atoms with Gasteiger partial charge < -0.3 is 24.2 Å². The van der Waals surface area contributed by atoms with Gasteiger partial charge in [-0.25, -0.2) is 0 Å². The van der Waals surface area contributed by atoms with Gasteiger partial charge in [-0.1, -0.05) is 126 Å². The first-order valence-electron chi connectivity index (χ1n) is 24.0. The summed E-state index contributed by atoms with van der Waals surface area (Å²) in [4.78, 5) is 26.2. The standard InChI is InChI=1S/C53H87NO6/c1-5-7-9-11-13-15-17-19-21-23-25-27-29-31-33-40-52(55)60-43-37-36-42-59-51-45-48(47-54(3)4)44-50(46-51)58-41-35-34-39-49(53(56)57)38-32-30-28-26-24-22-20-18-16-14-12-10-8-6-2/h8,10,13-16,19-22,44-46,49H,5-7,9,11-12,17-18,23-43,47H2,1-4H3,(H,56,57)/b10-8-,15-13-,16-14-,21-19-,22-20-. The van der Waals surface area contributed by atoms with Crippen LogP contribution in [0.3, 0.4) is 0 Å². The van der Waals surface area contributed by atoms with Crippen LogP contribution >= 0.6 is 0 Å². The van der Waals surface area contributed by atoms with E-state index in [-0.39, 0.29) is 11.9 Å². The van der Waals surface area contributed by atoms with Crippen LogP contribution < -0.4 is 9.47 Å². The van der Waals surface area contributed by atoms with Gasteiger partial charge in [-0.05, 0) is 141 Å². The lowest BCUT2D eigenvalue weighted by Gasteiger charge is -2.15. The van der Waals surface area contributed by atoms with Crippen LogP contribution in [0.2, 0.25) is 0 Å². The monoisotopic (exact) mass is 834 g/mol. The number of rotatable bonds is 41. The Morgan fingerprint density at radius 3 is 1.58 bits per heavy atom. The Labute approximate surface area is 367 Å². The lowest BCUT2D eigenvalue weighted by atomic mass is 9.95. The first-order chi connectivity index (χ1) is 29.3. The van der Waals surface area contributed by atoms with E-state index in [2.05, 4.69) is 91.6 Å². The third-order valence-corrected chi connectivity index (χ3v) is 10.4. The van der Waals surface area contributed by atoms with Gasteiger partial charge in [0.05, 0.1) is 25.7 Å². The maximum atomic E-state index is 12.2. The van der Waals surface area contributed by atoms with E-state index in [0.29, 0.717) is 32.7 Å². The van der Waals surface area contributed by atoms with E-state index in [0.717, 1.165) is 133 Å². The number of carbonyl (C=O) groups excluding carboxylic acids is 1. The second-order valence-electron chi connectivity index (χ2n) is 16.5. The topological polar surface area (TPSA) is 85.3 Å². The molecule has 0 aliphatic heterocycles. The molecule has 0 aromatic heterocycles. The van der Waals surface area contributed by atoms with Crippen molar-refractivity contribution >= 4 is 11.9 Å². The predicted octanol–water partition coefficient (Wildman–Crippen LogP) is 14.7. The molecule has 1 rings (SSSR count). The number of esters is 1. The van der Waals surface area contributed by atoms with Crippen molar-refractivity contribution in [3.05, 3.63) is 84.5 Å². The van der Waals surface area contributed by atoms with Crippen LogP contribution in [0, 0.1) is 5.92 Å². The summed E-state index contributed by atoms with van der Waals surface area (Å²) in [5.41, 5.74) is 1.11. The number of unbranched alkanes of at least 4 members (excludes halogenated alkanes) is 14. The van der Waals surface area contributed by atoms with Crippen LogP contribution in [0.4, 0.5) is 0 Å². The molecule has 0 amide bonds.